The lowest BCUT2D eigenvalue weighted by Gasteiger charge is -2.13. The highest BCUT2D eigenvalue weighted by molar-refractivity contribution is 7.17. The fourth-order valence-corrected chi connectivity index (χ4v) is 2.66. The first-order valence-corrected chi connectivity index (χ1v) is 7.92. The Morgan fingerprint density at radius 3 is 2.71 bits per heavy atom. The van der Waals surface area contributed by atoms with Crippen molar-refractivity contribution in [1.29, 1.82) is 0 Å². The number of amides is 1. The van der Waals surface area contributed by atoms with Crippen LogP contribution in [0.25, 0.3) is 0 Å². The predicted molar refractivity (Wildman–Crippen MR) is 88.7 cm³/mol. The van der Waals surface area contributed by atoms with Gasteiger partial charge in [-0.3, -0.25) is 14.9 Å². The smallest absolute Gasteiger partial charge is 0.349 e. The van der Waals surface area contributed by atoms with E-state index in [1.807, 2.05) is 0 Å². The molecule has 2 rings (SSSR count). The second-order valence-electron chi connectivity index (χ2n) is 4.42. The molecule has 2 aromatic heterocycles. The number of nitrogens with zero attached hydrogens (tertiary/aromatic N) is 2. The number of esters is 1. The van der Waals surface area contributed by atoms with Gasteiger partial charge in [-0.05, 0) is 19.1 Å². The van der Waals surface area contributed by atoms with E-state index in [4.69, 9.17) is 27.9 Å². The first kappa shape index (κ1) is 18.1. The van der Waals surface area contributed by atoms with Gasteiger partial charge in [0, 0.05) is 12.3 Å². The molecule has 11 heteroatoms. The van der Waals surface area contributed by atoms with Gasteiger partial charge in [-0.1, -0.05) is 34.5 Å². The fraction of sp³-hybridized carbons (Fsp3) is 0.154. The van der Waals surface area contributed by atoms with Gasteiger partial charge in [-0.25, -0.2) is 9.78 Å². The summed E-state index contributed by atoms with van der Waals surface area (Å²) in [5, 5.41) is 13.2. The minimum atomic E-state index is -1.16. The number of thiophene rings is 1. The largest absolute Gasteiger partial charge is 0.448 e. The number of aromatic nitrogens is 1. The van der Waals surface area contributed by atoms with Crippen molar-refractivity contribution in [3.63, 3.8) is 0 Å². The first-order valence-electron chi connectivity index (χ1n) is 6.35. The number of ether oxygens (including phenoxy) is 1. The zero-order chi connectivity index (χ0) is 17.9. The zero-order valence-electron chi connectivity index (χ0n) is 12.0. The molecule has 126 valence electrons. The molecular formula is C13H9Cl2N3O5S. The zero-order valence-corrected chi connectivity index (χ0v) is 14.3. The molecule has 1 N–H and O–H groups in total. The van der Waals surface area contributed by atoms with Crippen molar-refractivity contribution >= 4 is 57.2 Å². The summed E-state index contributed by atoms with van der Waals surface area (Å²) >= 11 is 12.2. The van der Waals surface area contributed by atoms with Crippen LogP contribution in [-0.4, -0.2) is 27.9 Å². The highest BCUT2D eigenvalue weighted by Gasteiger charge is 2.23. The Labute approximate surface area is 149 Å². The lowest BCUT2D eigenvalue weighted by atomic mass is 10.3. The van der Waals surface area contributed by atoms with Crippen LogP contribution in [0.4, 0.5) is 10.8 Å². The van der Waals surface area contributed by atoms with Crippen molar-refractivity contribution in [1.82, 2.24) is 4.98 Å². The molecule has 0 bridgehead atoms. The van der Waals surface area contributed by atoms with E-state index in [0.717, 1.165) is 0 Å². The normalized spacial score (nSPS) is 11.6. The first-order chi connectivity index (χ1) is 11.3. The molecule has 0 aliphatic carbocycles. The van der Waals surface area contributed by atoms with Crippen LogP contribution in [0.5, 0.6) is 0 Å². The third kappa shape index (κ3) is 4.40. The average Bonchev–Trinajstić information content (AvgIpc) is 3.00. The highest BCUT2D eigenvalue weighted by Crippen LogP contribution is 2.25. The van der Waals surface area contributed by atoms with E-state index in [0.29, 0.717) is 16.4 Å². The Morgan fingerprint density at radius 1 is 1.42 bits per heavy atom. The quantitative estimate of drug-likeness (QED) is 0.475. The number of pyridine rings is 1. The Bertz CT molecular complexity index is 811. The molecule has 0 unspecified atom stereocenters. The van der Waals surface area contributed by atoms with Crippen molar-refractivity contribution in [3.05, 3.63) is 49.4 Å². The number of carbonyl (C=O) groups is 2. The van der Waals surface area contributed by atoms with E-state index in [2.05, 4.69) is 10.3 Å². The molecule has 8 nitrogen and oxygen atoms in total. The van der Waals surface area contributed by atoms with E-state index >= 15 is 0 Å². The Morgan fingerprint density at radius 2 is 2.12 bits per heavy atom. The van der Waals surface area contributed by atoms with Crippen LogP contribution in [0.15, 0.2) is 24.4 Å². The maximum atomic E-state index is 12.0. The molecule has 2 heterocycles. The highest BCUT2D eigenvalue weighted by atomic mass is 35.5. The molecule has 1 amide bonds. The monoisotopic (exact) mass is 389 g/mol. The predicted octanol–water partition coefficient (Wildman–Crippen LogP) is 3.54. The topological polar surface area (TPSA) is 111 Å². The Kier molecular flexibility index (Phi) is 5.71. The Hall–Kier alpha value is -2.23. The van der Waals surface area contributed by atoms with Crippen LogP contribution in [0.1, 0.15) is 16.6 Å². The third-order valence-corrected chi connectivity index (χ3v) is 4.19. The number of halogens is 2. The number of carbonyl (C=O) groups excluding carboxylic acids is 2. The standard InChI is InChI=1S/C13H9Cl2N3O5S/c1-6(12(19)17-11-8(15)4-7(14)5-16-11)23-13(20)9-2-3-10(24-9)18(21)22/h2-6H,1H3,(H,16,17,19)/t6-/m1/s1. The number of nitrogens with one attached hydrogen (secondary N) is 1. The summed E-state index contributed by atoms with van der Waals surface area (Å²) in [6.45, 7) is 1.35. The van der Waals surface area contributed by atoms with Gasteiger partial charge in [0.2, 0.25) is 0 Å². The van der Waals surface area contributed by atoms with Crippen LogP contribution >= 0.6 is 34.5 Å². The molecule has 0 aromatic carbocycles. The van der Waals surface area contributed by atoms with Gasteiger partial charge in [0.1, 0.15) is 4.88 Å². The van der Waals surface area contributed by atoms with Crippen molar-refractivity contribution in [2.24, 2.45) is 0 Å². The number of rotatable bonds is 5. The summed E-state index contributed by atoms with van der Waals surface area (Å²) in [5.41, 5.74) is 0. The lowest BCUT2D eigenvalue weighted by Crippen LogP contribution is -2.30. The molecule has 0 saturated heterocycles. The second kappa shape index (κ2) is 7.56. The molecule has 0 saturated carbocycles. The van der Waals surface area contributed by atoms with Crippen LogP contribution < -0.4 is 5.32 Å². The summed E-state index contributed by atoms with van der Waals surface area (Å²) in [7, 11) is 0. The van der Waals surface area contributed by atoms with Gasteiger partial charge < -0.3 is 10.1 Å². The van der Waals surface area contributed by atoms with Crippen molar-refractivity contribution in [2.75, 3.05) is 5.32 Å². The number of anilines is 1. The third-order valence-electron chi connectivity index (χ3n) is 2.68. The lowest BCUT2D eigenvalue weighted by molar-refractivity contribution is -0.380. The van der Waals surface area contributed by atoms with Crippen LogP contribution in [0, 0.1) is 10.1 Å². The average molecular weight is 390 g/mol. The van der Waals surface area contributed by atoms with Crippen LogP contribution in [0.2, 0.25) is 10.0 Å². The summed E-state index contributed by atoms with van der Waals surface area (Å²) in [6, 6.07) is 3.84. The minimum absolute atomic E-state index is 0.0176. The van der Waals surface area contributed by atoms with E-state index in [-0.39, 0.29) is 20.7 Å². The molecule has 1 atom stereocenters. The van der Waals surface area contributed by atoms with Gasteiger partial charge >= 0.3 is 11.0 Å². The summed E-state index contributed by atoms with van der Waals surface area (Å²) < 4.78 is 4.97. The van der Waals surface area contributed by atoms with Crippen molar-refractivity contribution in [2.45, 2.75) is 13.0 Å². The summed E-state index contributed by atoms with van der Waals surface area (Å²) in [4.78, 5) is 37.7. The van der Waals surface area contributed by atoms with Crippen LogP contribution in [0.3, 0.4) is 0 Å². The molecule has 0 aliphatic heterocycles. The van der Waals surface area contributed by atoms with Gasteiger partial charge in [0.25, 0.3) is 5.91 Å². The molecule has 2 aromatic rings. The molecular weight excluding hydrogens is 381 g/mol. The van der Waals surface area contributed by atoms with E-state index < -0.39 is 22.9 Å². The molecule has 0 aliphatic rings. The van der Waals surface area contributed by atoms with Crippen molar-refractivity contribution in [3.8, 4) is 0 Å². The minimum Gasteiger partial charge on any atom is -0.448 e. The maximum absolute atomic E-state index is 12.0. The fourth-order valence-electron chi connectivity index (χ4n) is 1.53. The van der Waals surface area contributed by atoms with Gasteiger partial charge in [-0.2, -0.15) is 0 Å². The number of nitro groups is 1. The summed E-state index contributed by atoms with van der Waals surface area (Å²) in [6.07, 6.45) is 0.136. The van der Waals surface area contributed by atoms with Crippen molar-refractivity contribution < 1.29 is 19.2 Å². The van der Waals surface area contributed by atoms with Crippen LogP contribution in [-0.2, 0) is 9.53 Å². The Balaban J connectivity index is 2.00. The maximum Gasteiger partial charge on any atom is 0.349 e. The second-order valence-corrected chi connectivity index (χ2v) is 6.32. The molecule has 0 radical (unpaired) electrons. The molecule has 0 fully saturated rings. The molecule has 0 spiro atoms. The van der Waals surface area contributed by atoms with Gasteiger partial charge in [-0.15, -0.1) is 0 Å². The van der Waals surface area contributed by atoms with Gasteiger partial charge in [0.15, 0.2) is 11.9 Å². The number of hydrogen-bond acceptors (Lipinski definition) is 7. The van der Waals surface area contributed by atoms with E-state index in [9.17, 15) is 19.7 Å². The SMILES string of the molecule is C[C@@H](OC(=O)c1ccc([N+](=O)[O-])s1)C(=O)Nc1ncc(Cl)cc1Cl. The van der Waals surface area contributed by atoms with E-state index in [1.54, 1.807) is 0 Å². The molecule has 24 heavy (non-hydrogen) atoms. The van der Waals surface area contributed by atoms with E-state index in [1.165, 1.54) is 31.3 Å². The summed E-state index contributed by atoms with van der Waals surface area (Å²) in [5.74, 6) is -1.43. The van der Waals surface area contributed by atoms with Gasteiger partial charge in [0.05, 0.1) is 15.0 Å². The number of hydrogen-bond donors (Lipinski definition) is 1.